The number of carbonyl (C=O) groups excluding carboxylic acids is 2. The van der Waals surface area contributed by atoms with E-state index in [0.717, 1.165) is 40.9 Å². The number of halogens is 3. The molecule has 2 aromatic carbocycles. The minimum atomic E-state index is -4.87. The van der Waals surface area contributed by atoms with Crippen molar-refractivity contribution < 1.29 is 27.5 Å². The Morgan fingerprint density at radius 2 is 1.73 bits per heavy atom. The van der Waals surface area contributed by atoms with Crippen LogP contribution in [0.1, 0.15) is 54.1 Å². The summed E-state index contributed by atoms with van der Waals surface area (Å²) in [5.74, 6) is -2.11. The molecule has 1 N–H and O–H groups in total. The number of esters is 1. The standard InChI is InChI=1S/C29H33F3N2O3/c1-3-22(13-19-7-5-4-6-8-19)25-16-26(25)34(28(36)29(30,31)32)18-21-14-24(15-21)33-17-20-9-11-23(12-10-20)27(35)37-2/h4-13,21,24-26,33H,3,14-18H2,1-2H3/t21?,24?,25?,26-/m0/s1. The van der Waals surface area contributed by atoms with E-state index < -0.39 is 18.1 Å². The summed E-state index contributed by atoms with van der Waals surface area (Å²) in [6.07, 6.45) is -0.0771. The minimum Gasteiger partial charge on any atom is -0.465 e. The number of carbonyl (C=O) groups is 2. The molecule has 1 amide bonds. The summed E-state index contributed by atoms with van der Waals surface area (Å²) >= 11 is 0. The second kappa shape index (κ2) is 11.5. The second-order valence-corrected chi connectivity index (χ2v) is 9.95. The Bertz CT molecular complexity index is 1110. The van der Waals surface area contributed by atoms with Crippen molar-refractivity contribution >= 4 is 18.0 Å². The normalized spacial score (nSPS) is 23.2. The molecule has 0 heterocycles. The highest BCUT2D eigenvalue weighted by Gasteiger charge is 2.53. The fourth-order valence-electron chi connectivity index (χ4n) is 5.16. The molecular formula is C29H33F3N2O3. The van der Waals surface area contributed by atoms with E-state index in [2.05, 4.69) is 5.32 Å². The highest BCUT2D eigenvalue weighted by molar-refractivity contribution is 5.89. The molecule has 8 heteroatoms. The van der Waals surface area contributed by atoms with Crippen molar-refractivity contribution in [1.82, 2.24) is 10.2 Å². The van der Waals surface area contributed by atoms with Gasteiger partial charge in [0.1, 0.15) is 0 Å². The Balaban J connectivity index is 1.32. The lowest BCUT2D eigenvalue weighted by Crippen LogP contribution is -2.50. The molecule has 198 valence electrons. The quantitative estimate of drug-likeness (QED) is 0.419. The van der Waals surface area contributed by atoms with Gasteiger partial charge >= 0.3 is 18.1 Å². The largest absolute Gasteiger partial charge is 0.471 e. The van der Waals surface area contributed by atoms with Crippen LogP contribution in [0.15, 0.2) is 60.2 Å². The average molecular weight is 515 g/mol. The number of rotatable bonds is 10. The van der Waals surface area contributed by atoms with Crippen LogP contribution in [0.4, 0.5) is 13.2 Å². The van der Waals surface area contributed by atoms with Crippen molar-refractivity contribution in [1.29, 1.82) is 0 Å². The lowest BCUT2D eigenvalue weighted by molar-refractivity contribution is -0.187. The van der Waals surface area contributed by atoms with E-state index in [1.807, 2.05) is 55.5 Å². The molecule has 2 aromatic rings. The highest BCUT2D eigenvalue weighted by atomic mass is 19.4. The van der Waals surface area contributed by atoms with Gasteiger partial charge in [-0.2, -0.15) is 13.2 Å². The number of methoxy groups -OCH3 is 1. The smallest absolute Gasteiger partial charge is 0.465 e. The topological polar surface area (TPSA) is 58.6 Å². The average Bonchev–Trinajstić information content (AvgIpc) is 3.66. The molecule has 5 nitrogen and oxygen atoms in total. The molecular weight excluding hydrogens is 481 g/mol. The summed E-state index contributed by atoms with van der Waals surface area (Å²) in [4.78, 5) is 25.0. The molecule has 2 fully saturated rings. The minimum absolute atomic E-state index is 0.0292. The van der Waals surface area contributed by atoms with Gasteiger partial charge in [-0.3, -0.25) is 4.79 Å². The fourth-order valence-corrected chi connectivity index (χ4v) is 5.16. The number of ether oxygens (including phenoxy) is 1. The number of hydrogen-bond acceptors (Lipinski definition) is 4. The molecule has 1 unspecified atom stereocenters. The van der Waals surface area contributed by atoms with Gasteiger partial charge in [0.25, 0.3) is 0 Å². The van der Waals surface area contributed by atoms with Crippen LogP contribution in [0.5, 0.6) is 0 Å². The monoisotopic (exact) mass is 514 g/mol. The first kappa shape index (κ1) is 26.9. The van der Waals surface area contributed by atoms with Gasteiger partial charge in [0.2, 0.25) is 0 Å². The number of benzene rings is 2. The SMILES string of the molecule is CCC(=Cc1ccccc1)C1C[C@@H]1N(CC1CC(NCc2ccc(C(=O)OC)cc2)C1)C(=O)C(F)(F)F. The van der Waals surface area contributed by atoms with Crippen LogP contribution in [-0.4, -0.2) is 48.7 Å². The Labute approximate surface area is 215 Å². The molecule has 2 aliphatic rings. The number of hydrogen-bond donors (Lipinski definition) is 1. The molecule has 0 bridgehead atoms. The summed E-state index contributed by atoms with van der Waals surface area (Å²) < 4.78 is 45.1. The van der Waals surface area contributed by atoms with Gasteiger partial charge in [0.05, 0.1) is 12.7 Å². The van der Waals surface area contributed by atoms with Crippen LogP contribution in [0.2, 0.25) is 0 Å². The van der Waals surface area contributed by atoms with Crippen molar-refractivity contribution in [2.45, 2.75) is 57.4 Å². The number of nitrogens with zero attached hydrogens (tertiary/aromatic N) is 1. The Hall–Kier alpha value is -3.13. The summed E-state index contributed by atoms with van der Waals surface area (Å²) in [5.41, 5.74) is 3.59. The van der Waals surface area contributed by atoms with Crippen LogP contribution in [0.25, 0.3) is 6.08 Å². The second-order valence-electron chi connectivity index (χ2n) is 9.95. The Morgan fingerprint density at radius 3 is 2.32 bits per heavy atom. The summed E-state index contributed by atoms with van der Waals surface area (Å²) in [6.45, 7) is 2.73. The van der Waals surface area contributed by atoms with E-state index in [9.17, 15) is 22.8 Å². The maximum atomic E-state index is 13.5. The molecule has 2 aliphatic carbocycles. The van der Waals surface area contributed by atoms with Crippen LogP contribution in [-0.2, 0) is 16.1 Å². The first-order valence-electron chi connectivity index (χ1n) is 12.7. The fraction of sp³-hybridized carbons (Fsp3) is 0.448. The third-order valence-electron chi connectivity index (χ3n) is 7.36. The van der Waals surface area contributed by atoms with E-state index >= 15 is 0 Å². The zero-order chi connectivity index (χ0) is 26.6. The number of nitrogens with one attached hydrogen (secondary N) is 1. The van der Waals surface area contributed by atoms with Crippen molar-refractivity contribution in [3.05, 3.63) is 76.9 Å². The van der Waals surface area contributed by atoms with Crippen LogP contribution in [0.3, 0.4) is 0 Å². The zero-order valence-electron chi connectivity index (χ0n) is 21.1. The molecule has 2 atom stereocenters. The van der Waals surface area contributed by atoms with Crippen LogP contribution < -0.4 is 5.32 Å². The van der Waals surface area contributed by atoms with Gasteiger partial charge < -0.3 is 15.0 Å². The van der Waals surface area contributed by atoms with Gasteiger partial charge in [-0.25, -0.2) is 4.79 Å². The maximum absolute atomic E-state index is 13.5. The van der Waals surface area contributed by atoms with Gasteiger partial charge in [-0.15, -0.1) is 0 Å². The predicted octanol–water partition coefficient (Wildman–Crippen LogP) is 5.61. The molecule has 0 radical (unpaired) electrons. The first-order chi connectivity index (χ1) is 17.7. The van der Waals surface area contributed by atoms with Gasteiger partial charge in [0, 0.05) is 31.1 Å². The van der Waals surface area contributed by atoms with E-state index in [-0.39, 0.29) is 30.4 Å². The Morgan fingerprint density at radius 1 is 1.05 bits per heavy atom. The predicted molar refractivity (Wildman–Crippen MR) is 136 cm³/mol. The molecule has 0 saturated heterocycles. The zero-order valence-corrected chi connectivity index (χ0v) is 21.1. The molecule has 0 spiro atoms. The van der Waals surface area contributed by atoms with E-state index in [0.29, 0.717) is 18.5 Å². The van der Waals surface area contributed by atoms with E-state index in [1.165, 1.54) is 7.11 Å². The number of amides is 1. The Kier molecular flexibility index (Phi) is 8.37. The van der Waals surface area contributed by atoms with Crippen LogP contribution in [0, 0.1) is 11.8 Å². The summed E-state index contributed by atoms with van der Waals surface area (Å²) in [6, 6.07) is 16.6. The molecule has 4 rings (SSSR count). The summed E-state index contributed by atoms with van der Waals surface area (Å²) in [7, 11) is 1.34. The summed E-state index contributed by atoms with van der Waals surface area (Å²) in [5, 5.41) is 3.42. The maximum Gasteiger partial charge on any atom is 0.471 e. The third kappa shape index (κ3) is 6.80. The van der Waals surface area contributed by atoms with Gasteiger partial charge in [0.15, 0.2) is 0 Å². The molecule has 2 saturated carbocycles. The number of alkyl halides is 3. The van der Waals surface area contributed by atoms with Crippen LogP contribution >= 0.6 is 0 Å². The van der Waals surface area contributed by atoms with Gasteiger partial charge in [-0.1, -0.05) is 61.0 Å². The van der Waals surface area contributed by atoms with Crippen molar-refractivity contribution in [3.8, 4) is 0 Å². The van der Waals surface area contributed by atoms with Crippen molar-refractivity contribution in [3.63, 3.8) is 0 Å². The molecule has 37 heavy (non-hydrogen) atoms. The van der Waals surface area contributed by atoms with E-state index in [4.69, 9.17) is 4.74 Å². The highest BCUT2D eigenvalue weighted by Crippen LogP contribution is 2.46. The van der Waals surface area contributed by atoms with Crippen molar-refractivity contribution in [2.24, 2.45) is 11.8 Å². The molecule has 0 aliphatic heterocycles. The van der Waals surface area contributed by atoms with Gasteiger partial charge in [-0.05, 0) is 54.9 Å². The lowest BCUT2D eigenvalue weighted by atomic mass is 9.79. The molecule has 0 aromatic heterocycles. The van der Waals surface area contributed by atoms with E-state index in [1.54, 1.807) is 12.1 Å². The van der Waals surface area contributed by atoms with Crippen molar-refractivity contribution in [2.75, 3.05) is 13.7 Å². The first-order valence-corrected chi connectivity index (χ1v) is 12.7. The third-order valence-corrected chi connectivity index (χ3v) is 7.36. The lowest BCUT2D eigenvalue weighted by Gasteiger charge is -2.39.